The van der Waals surface area contributed by atoms with E-state index in [9.17, 15) is 19.7 Å². The summed E-state index contributed by atoms with van der Waals surface area (Å²) in [4.78, 5) is 41.4. The standard InChI is InChI=1S/C25H25N3O6/c1-15(24(29)27-21-14-16(28(31)32)12-13-22(21)33-2)34-25(30)23-17-8-4-3-5-10-19(17)26-20-11-7-6-9-18(20)23/h6-7,9,11-15H,3-5,8,10H2,1-2H3,(H,27,29)/t15-/m1/s1. The number of hydrogen-bond acceptors (Lipinski definition) is 7. The number of carbonyl (C=O) groups is 2. The van der Waals surface area contributed by atoms with Crippen molar-refractivity contribution in [2.75, 3.05) is 12.4 Å². The van der Waals surface area contributed by atoms with Crippen LogP contribution in [0.2, 0.25) is 0 Å². The van der Waals surface area contributed by atoms with E-state index in [-0.39, 0.29) is 17.1 Å². The molecule has 1 N–H and O–H groups in total. The van der Waals surface area contributed by atoms with Gasteiger partial charge in [-0.25, -0.2) is 4.79 Å². The lowest BCUT2D eigenvalue weighted by Crippen LogP contribution is -2.30. The maximum Gasteiger partial charge on any atom is 0.339 e. The zero-order chi connectivity index (χ0) is 24.2. The number of pyridine rings is 1. The molecular weight excluding hydrogens is 438 g/mol. The highest BCUT2D eigenvalue weighted by Gasteiger charge is 2.26. The molecule has 176 valence electrons. The number of para-hydroxylation sites is 1. The summed E-state index contributed by atoms with van der Waals surface area (Å²) in [5.74, 6) is -0.968. The van der Waals surface area contributed by atoms with E-state index in [1.807, 2.05) is 24.3 Å². The molecule has 4 rings (SSSR count). The van der Waals surface area contributed by atoms with Gasteiger partial charge in [-0.3, -0.25) is 19.9 Å². The Morgan fingerprint density at radius 3 is 2.65 bits per heavy atom. The first-order chi connectivity index (χ1) is 16.4. The fourth-order valence-electron chi connectivity index (χ4n) is 4.20. The minimum absolute atomic E-state index is 0.118. The van der Waals surface area contributed by atoms with Gasteiger partial charge >= 0.3 is 5.97 Å². The first-order valence-corrected chi connectivity index (χ1v) is 11.1. The Morgan fingerprint density at radius 2 is 1.88 bits per heavy atom. The Balaban J connectivity index is 1.60. The fourth-order valence-corrected chi connectivity index (χ4v) is 4.20. The van der Waals surface area contributed by atoms with Crippen molar-refractivity contribution < 1.29 is 24.0 Å². The van der Waals surface area contributed by atoms with Gasteiger partial charge in [-0.2, -0.15) is 0 Å². The van der Waals surface area contributed by atoms with Gasteiger partial charge in [0.2, 0.25) is 0 Å². The van der Waals surface area contributed by atoms with Crippen molar-refractivity contribution in [3.05, 3.63) is 69.4 Å². The molecule has 2 aromatic carbocycles. The van der Waals surface area contributed by atoms with Crippen LogP contribution in [0, 0.1) is 10.1 Å². The number of non-ortho nitro benzene ring substituents is 1. The smallest absolute Gasteiger partial charge is 0.339 e. The van der Waals surface area contributed by atoms with Crippen LogP contribution >= 0.6 is 0 Å². The minimum Gasteiger partial charge on any atom is -0.495 e. The first-order valence-electron chi connectivity index (χ1n) is 11.1. The number of nitro benzene ring substituents is 1. The van der Waals surface area contributed by atoms with E-state index < -0.39 is 22.9 Å². The van der Waals surface area contributed by atoms with Crippen LogP contribution in [0.15, 0.2) is 42.5 Å². The molecule has 9 nitrogen and oxygen atoms in total. The Kier molecular flexibility index (Phi) is 6.72. The number of rotatable bonds is 6. The highest BCUT2D eigenvalue weighted by Crippen LogP contribution is 2.31. The van der Waals surface area contributed by atoms with Gasteiger partial charge in [0.1, 0.15) is 5.75 Å². The molecule has 1 aliphatic rings. The fraction of sp³-hybridized carbons (Fsp3) is 0.320. The average molecular weight is 463 g/mol. The van der Waals surface area contributed by atoms with Crippen molar-refractivity contribution >= 4 is 34.2 Å². The lowest BCUT2D eigenvalue weighted by Gasteiger charge is -2.18. The van der Waals surface area contributed by atoms with Crippen LogP contribution in [0.5, 0.6) is 5.75 Å². The second kappa shape index (κ2) is 9.86. The monoisotopic (exact) mass is 463 g/mol. The van der Waals surface area contributed by atoms with E-state index in [0.29, 0.717) is 16.5 Å². The average Bonchev–Trinajstić information content (AvgIpc) is 3.07. The summed E-state index contributed by atoms with van der Waals surface area (Å²) in [5, 5.41) is 14.4. The van der Waals surface area contributed by atoms with Crippen molar-refractivity contribution in [2.45, 2.75) is 45.1 Å². The first kappa shape index (κ1) is 23.2. The summed E-state index contributed by atoms with van der Waals surface area (Å²) in [7, 11) is 1.39. The Bertz CT molecular complexity index is 1270. The number of nitrogens with zero attached hydrogens (tertiary/aromatic N) is 2. The van der Waals surface area contributed by atoms with Gasteiger partial charge in [0.25, 0.3) is 11.6 Å². The van der Waals surface area contributed by atoms with Crippen LogP contribution in [0.4, 0.5) is 11.4 Å². The van der Waals surface area contributed by atoms with Crippen LogP contribution in [0.25, 0.3) is 10.9 Å². The highest BCUT2D eigenvalue weighted by molar-refractivity contribution is 6.06. The molecular formula is C25H25N3O6. The zero-order valence-electron chi connectivity index (χ0n) is 19.0. The topological polar surface area (TPSA) is 121 Å². The summed E-state index contributed by atoms with van der Waals surface area (Å²) >= 11 is 0. The highest BCUT2D eigenvalue weighted by atomic mass is 16.6. The Labute approximate surface area is 196 Å². The van der Waals surface area contributed by atoms with Crippen molar-refractivity contribution in [1.82, 2.24) is 4.98 Å². The number of benzene rings is 2. The molecule has 1 aromatic heterocycles. The van der Waals surface area contributed by atoms with Crippen molar-refractivity contribution in [3.63, 3.8) is 0 Å². The molecule has 1 atom stereocenters. The number of ether oxygens (including phenoxy) is 2. The van der Waals surface area contributed by atoms with Gasteiger partial charge in [0.15, 0.2) is 6.10 Å². The van der Waals surface area contributed by atoms with Gasteiger partial charge in [-0.1, -0.05) is 24.6 Å². The Morgan fingerprint density at radius 1 is 1.12 bits per heavy atom. The number of aromatic nitrogens is 1. The third-order valence-electron chi connectivity index (χ3n) is 5.93. The van der Waals surface area contributed by atoms with E-state index in [1.54, 1.807) is 0 Å². The number of anilines is 1. The lowest BCUT2D eigenvalue weighted by molar-refractivity contribution is -0.384. The summed E-state index contributed by atoms with van der Waals surface area (Å²) in [6.07, 6.45) is 3.40. The molecule has 0 saturated heterocycles. The SMILES string of the molecule is COc1ccc([N+](=O)[O-])cc1NC(=O)[C@@H](C)OC(=O)c1c2c(nc3ccccc13)CCCCC2. The number of nitro groups is 1. The predicted molar refractivity (Wildman–Crippen MR) is 126 cm³/mol. The number of nitrogens with one attached hydrogen (secondary N) is 1. The number of hydrogen-bond donors (Lipinski definition) is 1. The third kappa shape index (κ3) is 4.68. The maximum absolute atomic E-state index is 13.3. The summed E-state index contributed by atoms with van der Waals surface area (Å²) in [6.45, 7) is 1.46. The van der Waals surface area contributed by atoms with Crippen molar-refractivity contribution in [3.8, 4) is 5.75 Å². The van der Waals surface area contributed by atoms with Crippen LogP contribution in [-0.4, -0.2) is 35.0 Å². The molecule has 34 heavy (non-hydrogen) atoms. The number of fused-ring (bicyclic) bond motifs is 2. The van der Waals surface area contributed by atoms with Crippen LogP contribution in [0.1, 0.15) is 47.8 Å². The van der Waals surface area contributed by atoms with E-state index in [0.717, 1.165) is 43.4 Å². The van der Waals surface area contributed by atoms with Gasteiger partial charge in [-0.15, -0.1) is 0 Å². The molecule has 0 unspecified atom stereocenters. The summed E-state index contributed by atoms with van der Waals surface area (Å²) in [5.41, 5.74) is 2.87. The quantitative estimate of drug-likeness (QED) is 0.245. The van der Waals surface area contributed by atoms with E-state index >= 15 is 0 Å². The number of amides is 1. The lowest BCUT2D eigenvalue weighted by atomic mass is 9.97. The van der Waals surface area contributed by atoms with Crippen molar-refractivity contribution in [1.29, 1.82) is 0 Å². The second-order valence-electron chi connectivity index (χ2n) is 8.17. The summed E-state index contributed by atoms with van der Waals surface area (Å²) in [6, 6.07) is 11.3. The van der Waals surface area contributed by atoms with Gasteiger partial charge in [-0.05, 0) is 50.3 Å². The van der Waals surface area contributed by atoms with Crippen LogP contribution in [0.3, 0.4) is 0 Å². The molecule has 1 aliphatic carbocycles. The van der Waals surface area contributed by atoms with Crippen molar-refractivity contribution in [2.24, 2.45) is 0 Å². The van der Waals surface area contributed by atoms with E-state index in [1.165, 1.54) is 32.2 Å². The van der Waals surface area contributed by atoms with E-state index in [4.69, 9.17) is 14.5 Å². The number of esters is 1. The molecule has 9 heteroatoms. The Hall–Kier alpha value is -4.01. The number of aryl methyl sites for hydroxylation is 1. The molecule has 0 saturated carbocycles. The second-order valence-corrected chi connectivity index (χ2v) is 8.17. The van der Waals surface area contributed by atoms with Gasteiger partial charge in [0.05, 0.1) is 28.8 Å². The third-order valence-corrected chi connectivity index (χ3v) is 5.93. The van der Waals surface area contributed by atoms with Crippen LogP contribution < -0.4 is 10.1 Å². The molecule has 3 aromatic rings. The molecule has 0 radical (unpaired) electrons. The van der Waals surface area contributed by atoms with Gasteiger partial charge < -0.3 is 14.8 Å². The molecule has 0 fully saturated rings. The maximum atomic E-state index is 13.3. The van der Waals surface area contributed by atoms with Gasteiger partial charge in [0, 0.05) is 23.2 Å². The molecule has 1 amide bonds. The predicted octanol–water partition coefficient (Wildman–Crippen LogP) is 4.60. The zero-order valence-corrected chi connectivity index (χ0v) is 19.0. The number of methoxy groups -OCH3 is 1. The summed E-state index contributed by atoms with van der Waals surface area (Å²) < 4.78 is 10.8. The molecule has 1 heterocycles. The molecule has 0 bridgehead atoms. The normalized spacial score (nSPS) is 13.9. The number of carbonyl (C=O) groups excluding carboxylic acids is 2. The van der Waals surface area contributed by atoms with E-state index in [2.05, 4.69) is 5.32 Å². The molecule has 0 spiro atoms. The van der Waals surface area contributed by atoms with Crippen LogP contribution in [-0.2, 0) is 22.4 Å². The minimum atomic E-state index is -1.15. The molecule has 0 aliphatic heterocycles. The largest absolute Gasteiger partial charge is 0.495 e.